The van der Waals surface area contributed by atoms with Crippen molar-refractivity contribution in [3.8, 4) is 0 Å². The predicted molar refractivity (Wildman–Crippen MR) is 71.9 cm³/mol. The third kappa shape index (κ3) is 2.88. The maximum absolute atomic E-state index is 5.41. The molecule has 1 atom stereocenters. The molecular formula is C13H22N4. The smallest absolute Gasteiger partial charge is 0.142 e. The number of hydrogen-bond acceptors (Lipinski definition) is 4. The summed E-state index contributed by atoms with van der Waals surface area (Å²) >= 11 is 0. The summed E-state index contributed by atoms with van der Waals surface area (Å²) < 4.78 is 0. The fourth-order valence-corrected chi connectivity index (χ4v) is 2.60. The minimum absolute atomic E-state index is 0.647. The van der Waals surface area contributed by atoms with E-state index in [-0.39, 0.29) is 0 Å². The Labute approximate surface area is 103 Å². The van der Waals surface area contributed by atoms with Gasteiger partial charge < -0.3 is 10.3 Å². The van der Waals surface area contributed by atoms with E-state index in [0.717, 1.165) is 18.2 Å². The molecule has 1 aromatic heterocycles. The Kier molecular flexibility index (Phi) is 4.20. The average Bonchev–Trinajstić information content (AvgIpc) is 2.40. The summed E-state index contributed by atoms with van der Waals surface area (Å²) in [6.45, 7) is 3.36. The van der Waals surface area contributed by atoms with E-state index in [1.165, 1.54) is 32.1 Å². The van der Waals surface area contributed by atoms with Gasteiger partial charge in [-0.05, 0) is 37.8 Å². The first kappa shape index (κ1) is 12.2. The molecule has 4 heteroatoms. The lowest BCUT2D eigenvalue weighted by molar-refractivity contribution is 0.432. The van der Waals surface area contributed by atoms with Crippen molar-refractivity contribution in [2.75, 3.05) is 16.9 Å². The number of piperidine rings is 1. The predicted octanol–water partition coefficient (Wildman–Crippen LogP) is 2.53. The van der Waals surface area contributed by atoms with Crippen molar-refractivity contribution >= 4 is 11.6 Å². The molecule has 1 aliphatic rings. The van der Waals surface area contributed by atoms with Crippen LogP contribution in [0.15, 0.2) is 18.2 Å². The van der Waals surface area contributed by atoms with E-state index >= 15 is 0 Å². The molecule has 0 aromatic carbocycles. The molecule has 4 nitrogen and oxygen atoms in total. The van der Waals surface area contributed by atoms with Crippen LogP contribution in [0.3, 0.4) is 0 Å². The molecular weight excluding hydrogens is 212 g/mol. The maximum Gasteiger partial charge on any atom is 0.142 e. The zero-order valence-electron chi connectivity index (χ0n) is 10.5. The number of pyridine rings is 1. The van der Waals surface area contributed by atoms with Gasteiger partial charge in [-0.3, -0.25) is 0 Å². The first-order valence-corrected chi connectivity index (χ1v) is 6.55. The molecule has 0 spiro atoms. The number of hydrazine groups is 1. The summed E-state index contributed by atoms with van der Waals surface area (Å²) in [5, 5.41) is 0. The molecule has 1 saturated heterocycles. The lowest BCUT2D eigenvalue weighted by Crippen LogP contribution is -2.40. The lowest BCUT2D eigenvalue weighted by atomic mass is 9.98. The van der Waals surface area contributed by atoms with Crippen LogP contribution in [0, 0.1) is 0 Å². The molecule has 0 bridgehead atoms. The van der Waals surface area contributed by atoms with Gasteiger partial charge in [0.05, 0.1) is 0 Å². The van der Waals surface area contributed by atoms with Crippen molar-refractivity contribution in [1.29, 1.82) is 0 Å². The quantitative estimate of drug-likeness (QED) is 0.621. The van der Waals surface area contributed by atoms with Crippen LogP contribution < -0.4 is 16.2 Å². The fourth-order valence-electron chi connectivity index (χ4n) is 2.60. The second kappa shape index (κ2) is 5.87. The molecule has 0 aliphatic carbocycles. The van der Waals surface area contributed by atoms with Gasteiger partial charge in [0.15, 0.2) is 0 Å². The largest absolute Gasteiger partial charge is 0.354 e. The number of hydrogen-bond donors (Lipinski definition) is 2. The van der Waals surface area contributed by atoms with E-state index in [0.29, 0.717) is 6.04 Å². The Morgan fingerprint density at radius 1 is 1.47 bits per heavy atom. The number of nitrogens with one attached hydrogen (secondary N) is 1. The van der Waals surface area contributed by atoms with Crippen molar-refractivity contribution in [3.05, 3.63) is 18.2 Å². The van der Waals surface area contributed by atoms with E-state index < -0.39 is 0 Å². The zero-order chi connectivity index (χ0) is 12.1. The molecule has 0 saturated carbocycles. The van der Waals surface area contributed by atoms with Crippen LogP contribution in [0.4, 0.5) is 11.6 Å². The van der Waals surface area contributed by atoms with Crippen LogP contribution in [-0.4, -0.2) is 17.6 Å². The van der Waals surface area contributed by atoms with Crippen LogP contribution >= 0.6 is 0 Å². The molecule has 2 rings (SSSR count). The Balaban J connectivity index is 2.16. The first-order chi connectivity index (χ1) is 8.35. The van der Waals surface area contributed by atoms with Crippen LogP contribution in [0.2, 0.25) is 0 Å². The molecule has 3 N–H and O–H groups in total. The highest BCUT2D eigenvalue weighted by atomic mass is 15.3. The number of anilines is 2. The van der Waals surface area contributed by atoms with Gasteiger partial charge in [0.25, 0.3) is 0 Å². The van der Waals surface area contributed by atoms with Gasteiger partial charge in [0, 0.05) is 12.6 Å². The first-order valence-electron chi connectivity index (χ1n) is 6.55. The number of nitrogens with zero attached hydrogens (tertiary/aromatic N) is 2. The van der Waals surface area contributed by atoms with Crippen LogP contribution in [0.1, 0.15) is 39.0 Å². The van der Waals surface area contributed by atoms with Crippen LogP contribution in [0.5, 0.6) is 0 Å². The molecule has 1 fully saturated rings. The van der Waals surface area contributed by atoms with Gasteiger partial charge in [-0.1, -0.05) is 19.4 Å². The van der Waals surface area contributed by atoms with Gasteiger partial charge >= 0.3 is 0 Å². The SMILES string of the molecule is CCCC1CCCCN1c1cccc(NN)n1. The van der Waals surface area contributed by atoms with E-state index in [9.17, 15) is 0 Å². The summed E-state index contributed by atoms with van der Waals surface area (Å²) in [4.78, 5) is 6.98. The molecule has 1 aromatic rings. The number of aromatic nitrogens is 1. The third-order valence-corrected chi connectivity index (χ3v) is 3.43. The Morgan fingerprint density at radius 2 is 2.35 bits per heavy atom. The molecule has 2 heterocycles. The van der Waals surface area contributed by atoms with Crippen molar-refractivity contribution in [1.82, 2.24) is 4.98 Å². The van der Waals surface area contributed by atoms with Crippen molar-refractivity contribution in [2.45, 2.75) is 45.1 Å². The molecule has 1 unspecified atom stereocenters. The van der Waals surface area contributed by atoms with Crippen molar-refractivity contribution in [2.24, 2.45) is 5.84 Å². The minimum atomic E-state index is 0.647. The van der Waals surface area contributed by atoms with Gasteiger partial charge in [0.2, 0.25) is 0 Å². The van der Waals surface area contributed by atoms with E-state index in [1.807, 2.05) is 12.1 Å². The average molecular weight is 234 g/mol. The summed E-state index contributed by atoms with van der Waals surface area (Å²) in [5.41, 5.74) is 2.62. The molecule has 17 heavy (non-hydrogen) atoms. The van der Waals surface area contributed by atoms with Crippen LogP contribution in [0.25, 0.3) is 0 Å². The highest BCUT2D eigenvalue weighted by Gasteiger charge is 2.22. The Morgan fingerprint density at radius 3 is 3.12 bits per heavy atom. The topological polar surface area (TPSA) is 54.2 Å². The molecule has 1 aliphatic heterocycles. The minimum Gasteiger partial charge on any atom is -0.354 e. The fraction of sp³-hybridized carbons (Fsp3) is 0.615. The van der Waals surface area contributed by atoms with Gasteiger partial charge in [-0.2, -0.15) is 0 Å². The second-order valence-electron chi connectivity index (χ2n) is 4.66. The van der Waals surface area contributed by atoms with Gasteiger partial charge in [-0.25, -0.2) is 10.8 Å². The highest BCUT2D eigenvalue weighted by Crippen LogP contribution is 2.26. The van der Waals surface area contributed by atoms with Crippen molar-refractivity contribution in [3.63, 3.8) is 0 Å². The monoisotopic (exact) mass is 234 g/mol. The number of nitrogens with two attached hydrogens (primary N) is 1. The Hall–Kier alpha value is -1.29. The zero-order valence-corrected chi connectivity index (χ0v) is 10.5. The number of nitrogen functional groups attached to an aromatic ring is 1. The maximum atomic E-state index is 5.41. The second-order valence-corrected chi connectivity index (χ2v) is 4.66. The third-order valence-electron chi connectivity index (χ3n) is 3.43. The lowest BCUT2D eigenvalue weighted by Gasteiger charge is -2.36. The van der Waals surface area contributed by atoms with Gasteiger partial charge in [0.1, 0.15) is 11.6 Å². The standard InChI is InChI=1S/C13H22N4/c1-2-6-11-7-3-4-10-17(11)13-9-5-8-12(15-13)16-14/h5,8-9,11H,2-4,6-7,10,14H2,1H3,(H,15,16). The molecule has 0 radical (unpaired) electrons. The van der Waals surface area contributed by atoms with Crippen LogP contribution in [-0.2, 0) is 0 Å². The highest BCUT2D eigenvalue weighted by molar-refractivity contribution is 5.47. The normalized spacial score (nSPS) is 20.4. The van der Waals surface area contributed by atoms with Gasteiger partial charge in [-0.15, -0.1) is 0 Å². The molecule has 94 valence electrons. The van der Waals surface area contributed by atoms with E-state index in [2.05, 4.69) is 28.3 Å². The van der Waals surface area contributed by atoms with E-state index in [1.54, 1.807) is 0 Å². The summed E-state index contributed by atoms with van der Waals surface area (Å²) in [6, 6.07) is 6.63. The summed E-state index contributed by atoms with van der Waals surface area (Å²) in [7, 11) is 0. The number of rotatable bonds is 4. The Bertz CT molecular complexity index is 351. The van der Waals surface area contributed by atoms with Crippen molar-refractivity contribution < 1.29 is 0 Å². The molecule has 0 amide bonds. The summed E-state index contributed by atoms with van der Waals surface area (Å²) in [5.74, 6) is 7.20. The summed E-state index contributed by atoms with van der Waals surface area (Å²) in [6.07, 6.45) is 6.38. The van der Waals surface area contributed by atoms with E-state index in [4.69, 9.17) is 5.84 Å².